The number of carbonyl (C=O) groups excluding carboxylic acids is 3. The summed E-state index contributed by atoms with van der Waals surface area (Å²) in [7, 11) is 0. The lowest BCUT2D eigenvalue weighted by Crippen LogP contribution is -2.30. The maximum Gasteiger partial charge on any atom is 0.306 e. The van der Waals surface area contributed by atoms with Crippen molar-refractivity contribution in [3.63, 3.8) is 0 Å². The molecule has 0 saturated carbocycles. The second-order valence-electron chi connectivity index (χ2n) is 19.2. The Kier molecular flexibility index (Phi) is 53.3. The van der Waals surface area contributed by atoms with Crippen LogP contribution in [0.15, 0.2) is 60.8 Å². The van der Waals surface area contributed by atoms with Crippen LogP contribution in [0.1, 0.15) is 290 Å². The Morgan fingerprint density at radius 2 is 0.582 bits per heavy atom. The van der Waals surface area contributed by atoms with Gasteiger partial charge in [-0.3, -0.25) is 14.4 Å². The Hall–Kier alpha value is -2.89. The average molecular weight is 938 g/mol. The normalized spacial score (nSPS) is 12.5. The van der Waals surface area contributed by atoms with E-state index < -0.39 is 6.10 Å². The number of rotatable bonds is 52. The Bertz CT molecular complexity index is 1210. The van der Waals surface area contributed by atoms with Gasteiger partial charge in [0, 0.05) is 19.3 Å². The first kappa shape index (κ1) is 64.1. The van der Waals surface area contributed by atoms with Gasteiger partial charge in [-0.15, -0.1) is 0 Å². The lowest BCUT2D eigenvalue weighted by molar-refractivity contribution is -0.167. The van der Waals surface area contributed by atoms with Crippen LogP contribution in [0.3, 0.4) is 0 Å². The molecule has 0 aliphatic carbocycles. The standard InChI is InChI=1S/C61H108O6/c1-4-7-10-13-16-19-22-25-28-31-34-36-39-42-45-48-51-54-60(63)66-57-58(67-61(64)55-52-49-46-43-40-37-33-30-27-24-21-18-15-12-9-6-3)56-65-59(62)53-50-47-44-41-38-35-32-29-26-23-20-17-14-11-8-5-2/h7,10,16,19,25,28-30,32-33,58H,4-6,8-9,11-15,17-18,20-24,26-27,31,34-57H2,1-3H3/b10-7-,19-16-,28-25-,32-29-,33-30-. The van der Waals surface area contributed by atoms with Crippen LogP contribution in [0.4, 0.5) is 0 Å². The lowest BCUT2D eigenvalue weighted by atomic mass is 10.1. The highest BCUT2D eigenvalue weighted by Crippen LogP contribution is 2.15. The molecule has 6 heteroatoms. The van der Waals surface area contributed by atoms with Gasteiger partial charge in [0.05, 0.1) is 0 Å². The molecule has 0 saturated heterocycles. The molecule has 0 N–H and O–H groups in total. The van der Waals surface area contributed by atoms with Crippen molar-refractivity contribution < 1.29 is 28.6 Å². The Morgan fingerprint density at radius 1 is 0.313 bits per heavy atom. The summed E-state index contributed by atoms with van der Waals surface area (Å²) in [6, 6.07) is 0. The largest absolute Gasteiger partial charge is 0.462 e. The molecular formula is C61H108O6. The maximum atomic E-state index is 12.9. The van der Waals surface area contributed by atoms with E-state index in [1.807, 2.05) is 0 Å². The van der Waals surface area contributed by atoms with E-state index in [0.29, 0.717) is 19.3 Å². The van der Waals surface area contributed by atoms with Gasteiger partial charge in [0.25, 0.3) is 0 Å². The van der Waals surface area contributed by atoms with E-state index >= 15 is 0 Å². The van der Waals surface area contributed by atoms with E-state index in [4.69, 9.17) is 14.2 Å². The zero-order valence-electron chi connectivity index (χ0n) is 44.4. The van der Waals surface area contributed by atoms with Crippen molar-refractivity contribution in [1.29, 1.82) is 0 Å². The summed E-state index contributed by atoms with van der Waals surface area (Å²) in [6.45, 7) is 6.53. The zero-order chi connectivity index (χ0) is 48.6. The number of unbranched alkanes of at least 4 members (excludes halogenated alkanes) is 31. The smallest absolute Gasteiger partial charge is 0.306 e. The number of esters is 3. The fourth-order valence-corrected chi connectivity index (χ4v) is 8.15. The Balaban J connectivity index is 4.40. The van der Waals surface area contributed by atoms with Gasteiger partial charge < -0.3 is 14.2 Å². The Labute approximate surface area is 415 Å². The number of hydrogen-bond donors (Lipinski definition) is 0. The van der Waals surface area contributed by atoms with Crippen molar-refractivity contribution in [2.24, 2.45) is 0 Å². The fourth-order valence-electron chi connectivity index (χ4n) is 8.15. The summed E-state index contributed by atoms with van der Waals surface area (Å²) in [5, 5.41) is 0. The average Bonchev–Trinajstić information content (AvgIpc) is 3.33. The summed E-state index contributed by atoms with van der Waals surface area (Å²) < 4.78 is 16.9. The molecular weight excluding hydrogens is 829 g/mol. The lowest BCUT2D eigenvalue weighted by Gasteiger charge is -2.18. The molecule has 0 rings (SSSR count). The SMILES string of the molecule is CC/C=C\C/C=C\C/C=C\CCCCCCCCCC(=O)OCC(COC(=O)CCCCCCC/C=C\CCCCCCCCC)OC(=O)CCCCCCC/C=C\CCCCCCCCC. The van der Waals surface area contributed by atoms with Crippen molar-refractivity contribution in [3.8, 4) is 0 Å². The molecule has 0 heterocycles. The third-order valence-electron chi connectivity index (χ3n) is 12.5. The number of allylic oxidation sites excluding steroid dienone is 10. The van der Waals surface area contributed by atoms with Crippen LogP contribution in [0, 0.1) is 0 Å². The van der Waals surface area contributed by atoms with Crippen LogP contribution in [-0.4, -0.2) is 37.2 Å². The summed E-state index contributed by atoms with van der Waals surface area (Å²) in [6.07, 6.45) is 69.2. The fraction of sp³-hybridized carbons (Fsp3) is 0.787. The van der Waals surface area contributed by atoms with E-state index in [2.05, 4.69) is 81.5 Å². The summed E-state index contributed by atoms with van der Waals surface area (Å²) in [5.74, 6) is -0.899. The molecule has 0 aliphatic rings. The van der Waals surface area contributed by atoms with Crippen LogP contribution >= 0.6 is 0 Å². The molecule has 0 aliphatic heterocycles. The van der Waals surface area contributed by atoms with Crippen molar-refractivity contribution in [2.45, 2.75) is 297 Å². The van der Waals surface area contributed by atoms with Crippen LogP contribution < -0.4 is 0 Å². The van der Waals surface area contributed by atoms with E-state index in [0.717, 1.165) is 103 Å². The third kappa shape index (κ3) is 53.9. The topological polar surface area (TPSA) is 78.9 Å². The predicted octanol–water partition coefficient (Wildman–Crippen LogP) is 19.2. The highest BCUT2D eigenvalue weighted by atomic mass is 16.6. The van der Waals surface area contributed by atoms with Gasteiger partial charge in [0.15, 0.2) is 6.10 Å². The first-order valence-electron chi connectivity index (χ1n) is 28.8. The van der Waals surface area contributed by atoms with Gasteiger partial charge in [-0.1, -0.05) is 229 Å². The molecule has 1 unspecified atom stereocenters. The predicted molar refractivity (Wildman–Crippen MR) is 288 cm³/mol. The molecule has 0 aromatic carbocycles. The van der Waals surface area contributed by atoms with Crippen molar-refractivity contribution in [1.82, 2.24) is 0 Å². The highest BCUT2D eigenvalue weighted by molar-refractivity contribution is 5.71. The van der Waals surface area contributed by atoms with Gasteiger partial charge in [-0.2, -0.15) is 0 Å². The molecule has 0 fully saturated rings. The minimum atomic E-state index is -0.786. The van der Waals surface area contributed by atoms with Crippen LogP contribution in [0.5, 0.6) is 0 Å². The molecule has 0 bridgehead atoms. The monoisotopic (exact) mass is 937 g/mol. The highest BCUT2D eigenvalue weighted by Gasteiger charge is 2.19. The summed E-state index contributed by atoms with van der Waals surface area (Å²) in [5.41, 5.74) is 0. The molecule has 67 heavy (non-hydrogen) atoms. The van der Waals surface area contributed by atoms with Gasteiger partial charge >= 0.3 is 17.9 Å². The van der Waals surface area contributed by atoms with Crippen LogP contribution in [0.2, 0.25) is 0 Å². The molecule has 0 amide bonds. The first-order valence-corrected chi connectivity index (χ1v) is 28.8. The number of ether oxygens (including phenoxy) is 3. The molecule has 0 aromatic rings. The van der Waals surface area contributed by atoms with E-state index in [1.165, 1.54) is 148 Å². The van der Waals surface area contributed by atoms with Crippen molar-refractivity contribution >= 4 is 17.9 Å². The maximum absolute atomic E-state index is 12.9. The van der Waals surface area contributed by atoms with Crippen LogP contribution in [0.25, 0.3) is 0 Å². The van der Waals surface area contributed by atoms with Gasteiger partial charge in [0.2, 0.25) is 0 Å². The van der Waals surface area contributed by atoms with E-state index in [9.17, 15) is 14.4 Å². The second-order valence-corrected chi connectivity index (χ2v) is 19.2. The minimum absolute atomic E-state index is 0.0840. The molecule has 388 valence electrons. The van der Waals surface area contributed by atoms with Gasteiger partial charge in [0.1, 0.15) is 13.2 Å². The van der Waals surface area contributed by atoms with E-state index in [1.54, 1.807) is 0 Å². The van der Waals surface area contributed by atoms with Gasteiger partial charge in [-0.05, 0) is 103 Å². The molecule has 0 radical (unpaired) electrons. The molecule has 0 aromatic heterocycles. The summed E-state index contributed by atoms with van der Waals surface area (Å²) >= 11 is 0. The van der Waals surface area contributed by atoms with Crippen molar-refractivity contribution in [2.75, 3.05) is 13.2 Å². The number of carbonyl (C=O) groups is 3. The molecule has 0 spiro atoms. The molecule has 6 nitrogen and oxygen atoms in total. The van der Waals surface area contributed by atoms with Gasteiger partial charge in [-0.25, -0.2) is 0 Å². The second kappa shape index (κ2) is 55.7. The molecule has 1 atom stereocenters. The quantitative estimate of drug-likeness (QED) is 0.0262. The number of hydrogen-bond acceptors (Lipinski definition) is 6. The van der Waals surface area contributed by atoms with Crippen molar-refractivity contribution in [3.05, 3.63) is 60.8 Å². The third-order valence-corrected chi connectivity index (χ3v) is 12.5. The zero-order valence-corrected chi connectivity index (χ0v) is 44.4. The van der Waals surface area contributed by atoms with E-state index in [-0.39, 0.29) is 31.1 Å². The van der Waals surface area contributed by atoms with Crippen LogP contribution in [-0.2, 0) is 28.6 Å². The Morgan fingerprint density at radius 3 is 0.925 bits per heavy atom. The minimum Gasteiger partial charge on any atom is -0.462 e. The summed E-state index contributed by atoms with van der Waals surface area (Å²) in [4.78, 5) is 38.2. The first-order chi connectivity index (χ1) is 33.0.